The first-order chi connectivity index (χ1) is 10.1. The standard InChI is InChI=1S/C15H16ClFN4/c16-14-9-12(18)10-15(19-14)21-7-5-20(6-8-21)13-3-1-11(17)2-4-13/h1-4,9-10H,5-8H2,(H2,18,19). The lowest BCUT2D eigenvalue weighted by Crippen LogP contribution is -2.46. The van der Waals surface area contributed by atoms with Crippen LogP contribution < -0.4 is 15.5 Å². The number of nitrogens with zero attached hydrogens (tertiary/aromatic N) is 3. The Morgan fingerprint density at radius 3 is 2.24 bits per heavy atom. The molecule has 2 aromatic rings. The van der Waals surface area contributed by atoms with Gasteiger partial charge in [-0.3, -0.25) is 0 Å². The predicted molar refractivity (Wildman–Crippen MR) is 84.5 cm³/mol. The van der Waals surface area contributed by atoms with Gasteiger partial charge in [0.15, 0.2) is 0 Å². The van der Waals surface area contributed by atoms with E-state index in [0.29, 0.717) is 10.8 Å². The molecule has 1 saturated heterocycles. The lowest BCUT2D eigenvalue weighted by Gasteiger charge is -2.36. The van der Waals surface area contributed by atoms with E-state index in [4.69, 9.17) is 17.3 Å². The molecule has 2 heterocycles. The van der Waals surface area contributed by atoms with Crippen molar-refractivity contribution in [2.75, 3.05) is 41.7 Å². The SMILES string of the molecule is Nc1cc(Cl)nc(N2CCN(c3ccc(F)cc3)CC2)c1. The maximum atomic E-state index is 13.0. The van der Waals surface area contributed by atoms with Gasteiger partial charge in [-0.05, 0) is 30.3 Å². The van der Waals surface area contributed by atoms with Gasteiger partial charge in [-0.1, -0.05) is 11.6 Å². The second-order valence-electron chi connectivity index (χ2n) is 5.03. The van der Waals surface area contributed by atoms with Gasteiger partial charge in [0.05, 0.1) is 0 Å². The van der Waals surface area contributed by atoms with Crippen LogP contribution in [0.25, 0.3) is 0 Å². The smallest absolute Gasteiger partial charge is 0.133 e. The highest BCUT2D eigenvalue weighted by atomic mass is 35.5. The quantitative estimate of drug-likeness (QED) is 0.867. The minimum Gasteiger partial charge on any atom is -0.399 e. The van der Waals surface area contributed by atoms with Crippen LogP contribution in [0.2, 0.25) is 5.15 Å². The molecule has 0 radical (unpaired) electrons. The molecule has 0 unspecified atom stereocenters. The van der Waals surface area contributed by atoms with E-state index >= 15 is 0 Å². The molecule has 0 spiro atoms. The first-order valence-electron chi connectivity index (χ1n) is 6.80. The molecule has 1 aromatic carbocycles. The minimum atomic E-state index is -0.212. The van der Waals surface area contributed by atoms with Crippen molar-refractivity contribution in [1.29, 1.82) is 0 Å². The monoisotopic (exact) mass is 306 g/mol. The predicted octanol–water partition coefficient (Wildman–Crippen LogP) is 2.78. The number of hydrogen-bond donors (Lipinski definition) is 1. The van der Waals surface area contributed by atoms with Crippen molar-refractivity contribution in [1.82, 2.24) is 4.98 Å². The molecule has 4 nitrogen and oxygen atoms in total. The number of nitrogens with two attached hydrogens (primary N) is 1. The average Bonchev–Trinajstić information content (AvgIpc) is 2.47. The summed E-state index contributed by atoms with van der Waals surface area (Å²) in [6, 6.07) is 10.1. The Labute approximate surface area is 127 Å². The van der Waals surface area contributed by atoms with E-state index in [2.05, 4.69) is 14.8 Å². The molecule has 110 valence electrons. The highest BCUT2D eigenvalue weighted by Crippen LogP contribution is 2.23. The molecule has 2 N–H and O–H groups in total. The molecule has 1 aliphatic heterocycles. The Bertz CT molecular complexity index is 604. The summed E-state index contributed by atoms with van der Waals surface area (Å²) in [5.74, 6) is 0.592. The van der Waals surface area contributed by atoms with E-state index < -0.39 is 0 Å². The lowest BCUT2D eigenvalue weighted by atomic mass is 10.2. The molecule has 1 aliphatic rings. The second-order valence-corrected chi connectivity index (χ2v) is 5.42. The van der Waals surface area contributed by atoms with E-state index in [1.807, 2.05) is 6.07 Å². The van der Waals surface area contributed by atoms with Gasteiger partial charge in [0.1, 0.15) is 16.8 Å². The number of pyridine rings is 1. The number of nitrogen functional groups attached to an aromatic ring is 1. The number of rotatable bonds is 2. The van der Waals surface area contributed by atoms with Crippen molar-refractivity contribution in [2.24, 2.45) is 0 Å². The van der Waals surface area contributed by atoms with Crippen LogP contribution in [0.4, 0.5) is 21.6 Å². The van der Waals surface area contributed by atoms with E-state index in [1.54, 1.807) is 18.2 Å². The maximum Gasteiger partial charge on any atom is 0.133 e. The number of anilines is 3. The van der Waals surface area contributed by atoms with Crippen molar-refractivity contribution >= 4 is 28.8 Å². The maximum absolute atomic E-state index is 13.0. The van der Waals surface area contributed by atoms with Gasteiger partial charge in [-0.2, -0.15) is 0 Å². The summed E-state index contributed by atoms with van der Waals surface area (Å²) in [5, 5.41) is 0.408. The molecule has 1 fully saturated rings. The van der Waals surface area contributed by atoms with Gasteiger partial charge in [0.2, 0.25) is 0 Å². The van der Waals surface area contributed by atoms with Crippen LogP contribution in [0.15, 0.2) is 36.4 Å². The van der Waals surface area contributed by atoms with Crippen LogP contribution in [-0.2, 0) is 0 Å². The van der Waals surface area contributed by atoms with E-state index in [9.17, 15) is 4.39 Å². The molecule has 0 saturated carbocycles. The van der Waals surface area contributed by atoms with E-state index in [-0.39, 0.29) is 5.82 Å². The Balaban J connectivity index is 1.68. The molecule has 0 atom stereocenters. The fraction of sp³-hybridized carbons (Fsp3) is 0.267. The number of piperazine rings is 1. The third-order valence-electron chi connectivity index (χ3n) is 3.60. The van der Waals surface area contributed by atoms with Crippen LogP contribution in [0, 0.1) is 5.82 Å². The lowest BCUT2D eigenvalue weighted by molar-refractivity contribution is 0.624. The van der Waals surface area contributed by atoms with Crippen LogP contribution in [0.1, 0.15) is 0 Å². The Morgan fingerprint density at radius 2 is 1.62 bits per heavy atom. The molecular weight excluding hydrogens is 291 g/mol. The Kier molecular flexibility index (Phi) is 3.84. The number of halogens is 2. The molecular formula is C15H16ClFN4. The normalized spacial score (nSPS) is 15.3. The summed E-state index contributed by atoms with van der Waals surface area (Å²) in [4.78, 5) is 8.69. The zero-order chi connectivity index (χ0) is 14.8. The van der Waals surface area contributed by atoms with Crippen molar-refractivity contribution in [3.63, 3.8) is 0 Å². The van der Waals surface area contributed by atoms with E-state index in [1.165, 1.54) is 12.1 Å². The largest absolute Gasteiger partial charge is 0.399 e. The molecule has 0 aliphatic carbocycles. The number of benzene rings is 1. The Morgan fingerprint density at radius 1 is 1.00 bits per heavy atom. The summed E-state index contributed by atoms with van der Waals surface area (Å²) in [6.45, 7) is 3.34. The fourth-order valence-electron chi connectivity index (χ4n) is 2.51. The van der Waals surface area contributed by atoms with Crippen molar-refractivity contribution in [3.8, 4) is 0 Å². The topological polar surface area (TPSA) is 45.4 Å². The average molecular weight is 307 g/mol. The minimum absolute atomic E-state index is 0.212. The highest BCUT2D eigenvalue weighted by Gasteiger charge is 2.18. The molecule has 1 aromatic heterocycles. The van der Waals surface area contributed by atoms with Crippen LogP contribution in [0.3, 0.4) is 0 Å². The van der Waals surface area contributed by atoms with Gasteiger partial charge >= 0.3 is 0 Å². The zero-order valence-electron chi connectivity index (χ0n) is 11.5. The highest BCUT2D eigenvalue weighted by molar-refractivity contribution is 6.29. The fourth-order valence-corrected chi connectivity index (χ4v) is 2.72. The number of aromatic nitrogens is 1. The van der Waals surface area contributed by atoms with Crippen LogP contribution >= 0.6 is 11.6 Å². The van der Waals surface area contributed by atoms with Gasteiger partial charge < -0.3 is 15.5 Å². The first-order valence-corrected chi connectivity index (χ1v) is 7.18. The van der Waals surface area contributed by atoms with Crippen molar-refractivity contribution in [3.05, 3.63) is 47.4 Å². The molecule has 21 heavy (non-hydrogen) atoms. The van der Waals surface area contributed by atoms with Gasteiger partial charge in [-0.15, -0.1) is 0 Å². The Hall–Kier alpha value is -2.01. The summed E-state index contributed by atoms with van der Waals surface area (Å²) in [7, 11) is 0. The van der Waals surface area contributed by atoms with Crippen LogP contribution in [-0.4, -0.2) is 31.2 Å². The van der Waals surface area contributed by atoms with Crippen molar-refractivity contribution in [2.45, 2.75) is 0 Å². The second kappa shape index (κ2) is 5.77. The summed E-state index contributed by atoms with van der Waals surface area (Å²) in [6.07, 6.45) is 0. The van der Waals surface area contributed by atoms with Gasteiger partial charge in [-0.25, -0.2) is 9.37 Å². The van der Waals surface area contributed by atoms with Crippen molar-refractivity contribution < 1.29 is 4.39 Å². The van der Waals surface area contributed by atoms with E-state index in [0.717, 1.165) is 37.7 Å². The van der Waals surface area contributed by atoms with Crippen LogP contribution in [0.5, 0.6) is 0 Å². The molecule has 0 bridgehead atoms. The summed E-state index contributed by atoms with van der Waals surface area (Å²) < 4.78 is 13.0. The third-order valence-corrected chi connectivity index (χ3v) is 3.79. The third kappa shape index (κ3) is 3.19. The first kappa shape index (κ1) is 13.9. The summed E-state index contributed by atoms with van der Waals surface area (Å²) in [5.41, 5.74) is 7.45. The molecule has 6 heteroatoms. The van der Waals surface area contributed by atoms with Gasteiger partial charge in [0, 0.05) is 43.6 Å². The molecule has 3 rings (SSSR count). The summed E-state index contributed by atoms with van der Waals surface area (Å²) >= 11 is 5.95. The molecule has 0 amide bonds. The zero-order valence-corrected chi connectivity index (χ0v) is 12.2. The number of hydrogen-bond acceptors (Lipinski definition) is 4. The van der Waals surface area contributed by atoms with Gasteiger partial charge in [0.25, 0.3) is 0 Å².